The largest absolute Gasteiger partial charge is 0.493 e. The molecule has 0 saturated heterocycles. The zero-order chi connectivity index (χ0) is 24.2. The Morgan fingerprint density at radius 3 is 2.42 bits per heavy atom. The second kappa shape index (κ2) is 10.1. The highest BCUT2D eigenvalue weighted by Crippen LogP contribution is 2.33. The van der Waals surface area contributed by atoms with E-state index in [1.165, 1.54) is 36.5 Å². The number of ether oxygens (including phenoxy) is 2. The van der Waals surface area contributed by atoms with Crippen LogP contribution in [0.1, 0.15) is 31.7 Å². The molecule has 1 aromatic heterocycles. The van der Waals surface area contributed by atoms with E-state index in [0.29, 0.717) is 45.1 Å². The van der Waals surface area contributed by atoms with E-state index in [9.17, 15) is 8.42 Å². The minimum Gasteiger partial charge on any atom is -0.493 e. The molecule has 0 radical (unpaired) electrons. The monoisotopic (exact) mass is 491 g/mol. The van der Waals surface area contributed by atoms with Crippen LogP contribution >= 0.6 is 11.6 Å². The molecular weight excluding hydrogens is 466 g/mol. The summed E-state index contributed by atoms with van der Waals surface area (Å²) in [5, 5.41) is 9.07. The maximum atomic E-state index is 13.6. The number of rotatable bonds is 9. The smallest absolute Gasteiger partial charge is 0.268 e. The molecule has 0 saturated carbocycles. The van der Waals surface area contributed by atoms with Crippen molar-refractivity contribution in [3.63, 3.8) is 0 Å². The number of hydrogen-bond donors (Lipinski definition) is 2. The van der Waals surface area contributed by atoms with Crippen LogP contribution in [0.25, 0.3) is 10.9 Å². The normalized spacial score (nSPS) is 12.1. The van der Waals surface area contributed by atoms with Crippen LogP contribution in [-0.4, -0.2) is 38.3 Å². The van der Waals surface area contributed by atoms with Crippen molar-refractivity contribution in [1.29, 1.82) is 0 Å². The van der Waals surface area contributed by atoms with Gasteiger partial charge in [-0.1, -0.05) is 24.9 Å². The Hall–Kier alpha value is -3.24. The van der Waals surface area contributed by atoms with Crippen molar-refractivity contribution >= 4 is 44.2 Å². The second-order valence-corrected chi connectivity index (χ2v) is 9.45. The van der Waals surface area contributed by atoms with Crippen molar-refractivity contribution in [2.45, 2.75) is 31.1 Å². The number of methoxy groups -OCH3 is 2. The van der Waals surface area contributed by atoms with Crippen molar-refractivity contribution in [2.75, 3.05) is 14.2 Å². The number of aromatic nitrogens is 1. The molecule has 0 amide bonds. The Labute approximate surface area is 197 Å². The third-order valence-electron chi connectivity index (χ3n) is 5.01. The first-order valence-electron chi connectivity index (χ1n) is 10.2. The number of nitrogens with two attached hydrogens (primary N) is 2. The minimum absolute atomic E-state index is 0.0369. The molecular formula is C22H26ClN5O4S. The lowest BCUT2D eigenvalue weighted by atomic mass is 10.0. The maximum absolute atomic E-state index is 13.6. The first-order valence-corrected chi connectivity index (χ1v) is 12.0. The molecule has 1 heterocycles. The summed E-state index contributed by atoms with van der Waals surface area (Å²) in [6, 6.07) is 9.40. The number of unbranched alkanes of at least 4 members (excludes halogenated alkanes) is 1. The van der Waals surface area contributed by atoms with Gasteiger partial charge in [0.15, 0.2) is 11.5 Å². The number of nitrogens with zero attached hydrogens (tertiary/aromatic N) is 3. The Bertz CT molecular complexity index is 1330. The summed E-state index contributed by atoms with van der Waals surface area (Å²) in [6.45, 7) is 2.04. The lowest BCUT2D eigenvalue weighted by Gasteiger charge is -2.11. The number of guanidine groups is 1. The molecule has 176 valence electrons. The second-order valence-electron chi connectivity index (χ2n) is 7.20. The minimum atomic E-state index is -4.00. The summed E-state index contributed by atoms with van der Waals surface area (Å²) in [5.41, 5.74) is 12.5. The van der Waals surface area contributed by atoms with Gasteiger partial charge in [0.25, 0.3) is 10.0 Å². The van der Waals surface area contributed by atoms with Crippen LogP contribution in [-0.2, 0) is 10.0 Å². The lowest BCUT2D eigenvalue weighted by molar-refractivity contribution is 0.354. The van der Waals surface area contributed by atoms with E-state index in [4.69, 9.17) is 32.5 Å². The molecule has 11 heteroatoms. The van der Waals surface area contributed by atoms with Gasteiger partial charge in [0.1, 0.15) is 0 Å². The Kier molecular flexibility index (Phi) is 7.50. The zero-order valence-electron chi connectivity index (χ0n) is 18.6. The van der Waals surface area contributed by atoms with Gasteiger partial charge in [0.05, 0.1) is 30.3 Å². The quantitative estimate of drug-likeness (QED) is 0.266. The van der Waals surface area contributed by atoms with Gasteiger partial charge in [0.2, 0.25) is 5.96 Å². The molecule has 33 heavy (non-hydrogen) atoms. The molecule has 0 bridgehead atoms. The van der Waals surface area contributed by atoms with E-state index in [0.717, 1.165) is 12.8 Å². The van der Waals surface area contributed by atoms with Gasteiger partial charge in [-0.15, -0.1) is 5.10 Å². The summed E-state index contributed by atoms with van der Waals surface area (Å²) in [5.74, 6) is 0.535. The third kappa shape index (κ3) is 5.07. The number of fused-ring (bicyclic) bond motifs is 1. The molecule has 3 rings (SSSR count). The first-order chi connectivity index (χ1) is 15.7. The summed E-state index contributed by atoms with van der Waals surface area (Å²) < 4.78 is 39.0. The van der Waals surface area contributed by atoms with Crippen LogP contribution in [0.3, 0.4) is 0 Å². The lowest BCUT2D eigenvalue weighted by Crippen LogP contribution is -2.22. The van der Waals surface area contributed by atoms with Gasteiger partial charge in [-0.2, -0.15) is 5.10 Å². The highest BCUT2D eigenvalue weighted by atomic mass is 35.5. The van der Waals surface area contributed by atoms with Crippen molar-refractivity contribution in [3.05, 3.63) is 53.2 Å². The van der Waals surface area contributed by atoms with Crippen molar-refractivity contribution in [1.82, 2.24) is 3.97 Å². The topological polar surface area (TPSA) is 134 Å². The summed E-state index contributed by atoms with van der Waals surface area (Å²) >= 11 is 6.24. The maximum Gasteiger partial charge on any atom is 0.268 e. The van der Waals surface area contributed by atoms with Crippen LogP contribution in [0, 0.1) is 0 Å². The van der Waals surface area contributed by atoms with Crippen LogP contribution in [0.4, 0.5) is 0 Å². The Morgan fingerprint density at radius 1 is 1.06 bits per heavy atom. The van der Waals surface area contributed by atoms with Gasteiger partial charge in [-0.3, -0.25) is 0 Å². The molecule has 0 spiro atoms. The number of hydrogen-bond acceptors (Lipinski definition) is 6. The van der Waals surface area contributed by atoms with Gasteiger partial charge in [0, 0.05) is 28.2 Å². The van der Waals surface area contributed by atoms with Crippen molar-refractivity contribution in [3.8, 4) is 11.5 Å². The molecule has 0 unspecified atom stereocenters. The highest BCUT2D eigenvalue weighted by Gasteiger charge is 2.24. The molecule has 4 N–H and O–H groups in total. The van der Waals surface area contributed by atoms with E-state index in [1.807, 2.05) is 6.92 Å². The van der Waals surface area contributed by atoms with E-state index >= 15 is 0 Å². The van der Waals surface area contributed by atoms with Crippen LogP contribution in [0.5, 0.6) is 11.5 Å². The predicted molar refractivity (Wildman–Crippen MR) is 131 cm³/mol. The van der Waals surface area contributed by atoms with Gasteiger partial charge in [-0.05, 0) is 43.2 Å². The Morgan fingerprint density at radius 2 is 1.79 bits per heavy atom. The fourth-order valence-electron chi connectivity index (χ4n) is 3.39. The molecule has 0 fully saturated rings. The van der Waals surface area contributed by atoms with Gasteiger partial charge >= 0.3 is 0 Å². The van der Waals surface area contributed by atoms with E-state index < -0.39 is 10.0 Å². The zero-order valence-corrected chi connectivity index (χ0v) is 20.2. The summed E-state index contributed by atoms with van der Waals surface area (Å²) in [6.07, 6.45) is 3.79. The third-order valence-corrected chi connectivity index (χ3v) is 6.91. The fraction of sp³-hybridized carbons (Fsp3) is 0.273. The standard InChI is InChI=1S/C22H26ClN5O4S/c1-4-5-6-18(26-27-22(24)25)17-13-28(19-9-7-14(23)11-16(17)19)33(29,30)15-8-10-20(31-2)21(12-15)32-3/h7-13H,4-6H2,1-3H3,(H4,24,25,27). The molecule has 0 aliphatic heterocycles. The van der Waals surface area contributed by atoms with Crippen LogP contribution in [0.2, 0.25) is 5.02 Å². The molecule has 2 aromatic carbocycles. The summed E-state index contributed by atoms with van der Waals surface area (Å²) in [7, 11) is -1.08. The van der Waals surface area contributed by atoms with E-state index in [1.54, 1.807) is 24.3 Å². The molecule has 3 aromatic rings. The average molecular weight is 492 g/mol. The van der Waals surface area contributed by atoms with E-state index in [-0.39, 0.29) is 10.9 Å². The number of halogens is 1. The van der Waals surface area contributed by atoms with Crippen molar-refractivity contribution < 1.29 is 17.9 Å². The highest BCUT2D eigenvalue weighted by molar-refractivity contribution is 7.90. The fourth-order valence-corrected chi connectivity index (χ4v) is 4.95. The molecule has 0 atom stereocenters. The molecule has 0 aliphatic rings. The van der Waals surface area contributed by atoms with Crippen LogP contribution < -0.4 is 20.9 Å². The molecule has 9 nitrogen and oxygen atoms in total. The molecule has 0 aliphatic carbocycles. The predicted octanol–water partition coefficient (Wildman–Crippen LogP) is 3.72. The summed E-state index contributed by atoms with van der Waals surface area (Å²) in [4.78, 5) is 0.0369. The van der Waals surface area contributed by atoms with Gasteiger partial charge in [-0.25, -0.2) is 12.4 Å². The van der Waals surface area contributed by atoms with Gasteiger partial charge < -0.3 is 20.9 Å². The first kappa shape index (κ1) is 24.4. The van der Waals surface area contributed by atoms with E-state index in [2.05, 4.69) is 10.2 Å². The number of benzene rings is 2. The van der Waals surface area contributed by atoms with Crippen molar-refractivity contribution in [2.24, 2.45) is 21.7 Å². The van der Waals surface area contributed by atoms with Crippen LogP contribution in [0.15, 0.2) is 57.7 Å². The average Bonchev–Trinajstić information content (AvgIpc) is 3.17. The Balaban J connectivity index is 2.26. The SMILES string of the molecule is CCCCC(=NN=C(N)N)c1cn(S(=O)(=O)c2ccc(OC)c(OC)c2)c2ccc(Cl)cc12.